The van der Waals surface area contributed by atoms with Crippen molar-refractivity contribution in [2.75, 3.05) is 0 Å². The fraction of sp³-hybridized carbons (Fsp3) is 0.522. The Morgan fingerprint density at radius 3 is 2.08 bits per heavy atom. The number of nitrogens with two attached hydrogens (primary N) is 1. The number of amides is 1. The largest absolute Gasteiger partial charge is 0.366 e. The average Bonchev–Trinajstić information content (AvgIpc) is 2.51. The summed E-state index contributed by atoms with van der Waals surface area (Å²) in [6, 6.07) is 4.83. The molecule has 0 aromatic heterocycles. The van der Waals surface area contributed by atoms with Crippen LogP contribution in [0.15, 0.2) is 35.4 Å². The van der Waals surface area contributed by atoms with Gasteiger partial charge in [0.15, 0.2) is 0 Å². The topological polar surface area (TPSA) is 43.1 Å². The summed E-state index contributed by atoms with van der Waals surface area (Å²) in [6.45, 7) is 15.5. The molecule has 136 valence electrons. The van der Waals surface area contributed by atoms with Crippen LogP contribution in [0.3, 0.4) is 0 Å². The first-order valence-electron chi connectivity index (χ1n) is 9.22. The number of allylic oxidation sites excluding steroid dienone is 3. The van der Waals surface area contributed by atoms with Crippen LogP contribution < -0.4 is 5.73 Å². The van der Waals surface area contributed by atoms with E-state index in [0.29, 0.717) is 5.57 Å². The molecule has 1 aromatic carbocycles. The summed E-state index contributed by atoms with van der Waals surface area (Å²) in [5.41, 5.74) is 13.3. The Bertz CT molecular complexity index is 748. The minimum absolute atomic E-state index is 0.230. The van der Waals surface area contributed by atoms with Gasteiger partial charge in [-0.1, -0.05) is 57.6 Å². The number of rotatable bonds is 4. The molecular formula is C23H33NO. The molecule has 1 amide bonds. The van der Waals surface area contributed by atoms with E-state index in [-0.39, 0.29) is 16.7 Å². The van der Waals surface area contributed by atoms with Crippen LogP contribution in [0.4, 0.5) is 0 Å². The van der Waals surface area contributed by atoms with E-state index in [9.17, 15) is 4.79 Å². The summed E-state index contributed by atoms with van der Waals surface area (Å²) in [5.74, 6) is -0.363. The Labute approximate surface area is 153 Å². The smallest absolute Gasteiger partial charge is 0.244 e. The van der Waals surface area contributed by atoms with Crippen LogP contribution in [0.2, 0.25) is 0 Å². The predicted molar refractivity (Wildman–Crippen MR) is 107 cm³/mol. The summed E-state index contributed by atoms with van der Waals surface area (Å²) in [7, 11) is 0. The molecule has 0 saturated carbocycles. The molecule has 0 radical (unpaired) electrons. The average molecular weight is 340 g/mol. The van der Waals surface area contributed by atoms with Crippen LogP contribution in [0.25, 0.3) is 0 Å². The van der Waals surface area contributed by atoms with Crippen molar-refractivity contribution in [3.8, 4) is 0 Å². The predicted octanol–water partition coefficient (Wildman–Crippen LogP) is 5.26. The number of hydrogen-bond acceptors (Lipinski definition) is 1. The molecule has 2 N–H and O–H groups in total. The number of fused-ring (bicyclic) bond motifs is 1. The van der Waals surface area contributed by atoms with Crippen LogP contribution in [0.5, 0.6) is 0 Å². The molecule has 1 aromatic rings. The Kier molecular flexibility index (Phi) is 5.32. The van der Waals surface area contributed by atoms with Crippen LogP contribution in [-0.2, 0) is 22.0 Å². The van der Waals surface area contributed by atoms with E-state index >= 15 is 0 Å². The summed E-state index contributed by atoms with van der Waals surface area (Å²) >= 11 is 0. The number of benzene rings is 1. The Morgan fingerprint density at radius 1 is 1.04 bits per heavy atom. The molecule has 2 nitrogen and oxygen atoms in total. The van der Waals surface area contributed by atoms with Crippen LogP contribution in [-0.4, -0.2) is 5.91 Å². The van der Waals surface area contributed by atoms with Gasteiger partial charge in [0.2, 0.25) is 5.91 Å². The van der Waals surface area contributed by atoms with Crippen LogP contribution in [0, 0.1) is 6.92 Å². The third kappa shape index (κ3) is 4.23. The maximum absolute atomic E-state index is 11.1. The second-order valence-electron chi connectivity index (χ2n) is 9.00. The zero-order valence-corrected chi connectivity index (χ0v) is 16.9. The van der Waals surface area contributed by atoms with Gasteiger partial charge in [-0.2, -0.15) is 0 Å². The van der Waals surface area contributed by atoms with E-state index in [1.807, 2.05) is 12.2 Å². The third-order valence-corrected chi connectivity index (χ3v) is 5.79. The van der Waals surface area contributed by atoms with E-state index in [1.54, 1.807) is 6.92 Å². The summed E-state index contributed by atoms with van der Waals surface area (Å²) in [5, 5.41) is 0. The molecule has 0 spiro atoms. The molecule has 0 unspecified atom stereocenters. The second-order valence-corrected chi connectivity index (χ2v) is 9.00. The number of hydrogen-bond donors (Lipinski definition) is 1. The van der Waals surface area contributed by atoms with Crippen molar-refractivity contribution in [3.05, 3.63) is 57.7 Å². The van der Waals surface area contributed by atoms with Gasteiger partial charge in [-0.3, -0.25) is 4.79 Å². The normalized spacial score (nSPS) is 19.5. The van der Waals surface area contributed by atoms with E-state index in [4.69, 9.17) is 5.73 Å². The Morgan fingerprint density at radius 2 is 1.56 bits per heavy atom. The lowest BCUT2D eigenvalue weighted by molar-refractivity contribution is -0.114. The highest BCUT2D eigenvalue weighted by molar-refractivity contribution is 5.91. The standard InChI is InChI=1S/C23H33NO/c1-15(8-9-16(2)21(24)25)12-18-14-20-19(13-17(18)3)22(4,5)10-11-23(20,6)7/h8-9,13-14H,10-12H2,1-7H3,(H2,24,25)/b15-8+,16-9+. The molecule has 0 saturated heterocycles. The molecule has 2 heteroatoms. The van der Waals surface area contributed by atoms with Gasteiger partial charge in [0.05, 0.1) is 0 Å². The first-order valence-corrected chi connectivity index (χ1v) is 9.22. The first-order chi connectivity index (χ1) is 11.4. The lowest BCUT2D eigenvalue weighted by atomic mass is 9.62. The molecule has 0 atom stereocenters. The number of carbonyl (C=O) groups is 1. The Hall–Kier alpha value is -1.83. The van der Waals surface area contributed by atoms with Gasteiger partial charge in [-0.05, 0) is 73.1 Å². The highest BCUT2D eigenvalue weighted by Crippen LogP contribution is 2.46. The van der Waals surface area contributed by atoms with Crippen molar-refractivity contribution in [1.29, 1.82) is 0 Å². The lowest BCUT2D eigenvalue weighted by Gasteiger charge is -2.42. The molecule has 0 heterocycles. The van der Waals surface area contributed by atoms with Crippen molar-refractivity contribution in [1.82, 2.24) is 0 Å². The van der Waals surface area contributed by atoms with Crippen molar-refractivity contribution in [2.45, 2.75) is 78.6 Å². The first kappa shape index (κ1) is 19.5. The fourth-order valence-corrected chi connectivity index (χ4v) is 3.67. The van der Waals surface area contributed by atoms with E-state index < -0.39 is 0 Å². The number of carbonyl (C=O) groups excluding carboxylic acids is 1. The molecule has 2 rings (SSSR count). The van der Waals surface area contributed by atoms with Gasteiger partial charge in [0.1, 0.15) is 0 Å². The monoisotopic (exact) mass is 339 g/mol. The van der Waals surface area contributed by atoms with Crippen molar-refractivity contribution >= 4 is 5.91 Å². The zero-order valence-electron chi connectivity index (χ0n) is 16.9. The minimum atomic E-state index is -0.363. The van der Waals surface area contributed by atoms with E-state index in [2.05, 4.69) is 53.7 Å². The van der Waals surface area contributed by atoms with Gasteiger partial charge in [0, 0.05) is 5.57 Å². The molecular weight excluding hydrogens is 306 g/mol. The maximum atomic E-state index is 11.1. The zero-order chi connectivity index (χ0) is 19.0. The number of primary amides is 1. The second kappa shape index (κ2) is 6.82. The van der Waals surface area contributed by atoms with E-state index in [0.717, 1.165) is 6.42 Å². The lowest BCUT2D eigenvalue weighted by Crippen LogP contribution is -2.34. The molecule has 1 aliphatic carbocycles. The van der Waals surface area contributed by atoms with Crippen LogP contribution >= 0.6 is 0 Å². The minimum Gasteiger partial charge on any atom is -0.366 e. The summed E-state index contributed by atoms with van der Waals surface area (Å²) in [6.07, 6.45) is 7.19. The summed E-state index contributed by atoms with van der Waals surface area (Å²) in [4.78, 5) is 11.1. The summed E-state index contributed by atoms with van der Waals surface area (Å²) < 4.78 is 0. The molecule has 1 aliphatic rings. The van der Waals surface area contributed by atoms with Crippen molar-refractivity contribution in [3.63, 3.8) is 0 Å². The SMILES string of the molecule is C/C(=C\C=C(/C)C(N)=O)Cc1cc2c(cc1C)C(C)(C)CCC2(C)C. The number of aryl methyl sites for hydroxylation is 1. The molecule has 0 bridgehead atoms. The quantitative estimate of drug-likeness (QED) is 0.590. The van der Waals surface area contributed by atoms with Crippen LogP contribution in [0.1, 0.15) is 76.6 Å². The van der Waals surface area contributed by atoms with Gasteiger partial charge < -0.3 is 5.73 Å². The van der Waals surface area contributed by atoms with Gasteiger partial charge in [-0.15, -0.1) is 0 Å². The van der Waals surface area contributed by atoms with Gasteiger partial charge in [-0.25, -0.2) is 0 Å². The van der Waals surface area contributed by atoms with Gasteiger partial charge in [0.25, 0.3) is 0 Å². The highest BCUT2D eigenvalue weighted by Gasteiger charge is 2.37. The third-order valence-electron chi connectivity index (χ3n) is 5.79. The van der Waals surface area contributed by atoms with Crippen molar-refractivity contribution in [2.24, 2.45) is 5.73 Å². The van der Waals surface area contributed by atoms with Crippen molar-refractivity contribution < 1.29 is 4.79 Å². The highest BCUT2D eigenvalue weighted by atomic mass is 16.1. The maximum Gasteiger partial charge on any atom is 0.244 e. The fourth-order valence-electron chi connectivity index (χ4n) is 3.67. The molecule has 0 aliphatic heterocycles. The van der Waals surface area contributed by atoms with Gasteiger partial charge >= 0.3 is 0 Å². The molecule has 25 heavy (non-hydrogen) atoms. The molecule has 0 fully saturated rings. The van der Waals surface area contributed by atoms with E-state index in [1.165, 1.54) is 40.7 Å². The Balaban J connectivity index is 2.40.